The number of para-hydroxylation sites is 1. The van der Waals surface area contributed by atoms with Crippen LogP contribution in [0.5, 0.6) is 0 Å². The Morgan fingerprint density at radius 3 is 3.07 bits per heavy atom. The molecular weight excluding hydrogens is 206 g/mol. The second-order valence-electron chi connectivity index (χ2n) is 3.88. The molecule has 1 atom stereocenters. The van der Waals surface area contributed by atoms with Gasteiger partial charge in [0.2, 0.25) is 0 Å². The molecule has 4 heteroatoms. The van der Waals surface area contributed by atoms with Gasteiger partial charge in [0.25, 0.3) is 0 Å². The number of benzene rings is 1. The molecule has 2 aliphatic rings. The fourth-order valence-electron chi connectivity index (χ4n) is 2.14. The molecule has 80 valence electrons. The molecule has 1 unspecified atom stereocenters. The lowest BCUT2D eigenvalue weighted by molar-refractivity contribution is 0.412. The lowest BCUT2D eigenvalue weighted by atomic mass is 10.2. The Morgan fingerprint density at radius 2 is 2.20 bits per heavy atom. The maximum atomic E-state index is 3.55. The molecule has 2 aliphatic heterocycles. The van der Waals surface area contributed by atoms with E-state index in [1.54, 1.807) is 0 Å². The number of thioether (sulfide) groups is 1. The third kappa shape index (κ3) is 1.73. The highest BCUT2D eigenvalue weighted by Gasteiger charge is 2.26. The Kier molecular flexibility index (Phi) is 2.56. The van der Waals surface area contributed by atoms with E-state index in [0.717, 1.165) is 25.5 Å². The van der Waals surface area contributed by atoms with Gasteiger partial charge in [-0.15, -0.1) is 11.8 Å². The SMILES string of the molecule is c1ccc2c(c1)SCN2C1CNCCN1. The number of hydrogen-bond donors (Lipinski definition) is 2. The van der Waals surface area contributed by atoms with Crippen LogP contribution in [0, 0.1) is 0 Å². The summed E-state index contributed by atoms with van der Waals surface area (Å²) in [5.41, 5.74) is 1.38. The minimum Gasteiger partial charge on any atom is -0.344 e. The first kappa shape index (κ1) is 9.51. The van der Waals surface area contributed by atoms with Gasteiger partial charge in [-0.3, -0.25) is 5.32 Å². The number of piperazine rings is 1. The summed E-state index contributed by atoms with van der Waals surface area (Å²) in [5, 5.41) is 6.98. The predicted octanol–water partition coefficient (Wildman–Crippen LogP) is 1.08. The van der Waals surface area contributed by atoms with Crippen molar-refractivity contribution in [1.29, 1.82) is 0 Å². The van der Waals surface area contributed by atoms with Crippen LogP contribution in [-0.2, 0) is 0 Å². The average Bonchev–Trinajstić information content (AvgIpc) is 2.74. The standard InChI is InChI=1S/C11H15N3S/c1-2-4-10-9(3-1)14(8-15-10)11-7-12-5-6-13-11/h1-4,11-13H,5-8H2. The van der Waals surface area contributed by atoms with Crippen LogP contribution in [0.4, 0.5) is 5.69 Å². The van der Waals surface area contributed by atoms with Crippen LogP contribution < -0.4 is 15.5 Å². The predicted molar refractivity (Wildman–Crippen MR) is 64.3 cm³/mol. The van der Waals surface area contributed by atoms with E-state index in [1.807, 2.05) is 11.8 Å². The van der Waals surface area contributed by atoms with Crippen LogP contribution in [0.3, 0.4) is 0 Å². The molecule has 0 bridgehead atoms. The molecule has 2 N–H and O–H groups in total. The van der Waals surface area contributed by atoms with E-state index in [2.05, 4.69) is 39.8 Å². The molecule has 0 aliphatic carbocycles. The Labute approximate surface area is 94.2 Å². The molecule has 15 heavy (non-hydrogen) atoms. The molecule has 1 fully saturated rings. The first-order chi connectivity index (χ1) is 7.45. The number of anilines is 1. The minimum atomic E-state index is 0.454. The van der Waals surface area contributed by atoms with Crippen LogP contribution >= 0.6 is 11.8 Å². The number of rotatable bonds is 1. The zero-order valence-corrected chi connectivity index (χ0v) is 9.39. The van der Waals surface area contributed by atoms with E-state index in [9.17, 15) is 0 Å². The third-order valence-electron chi connectivity index (χ3n) is 2.93. The molecule has 0 aromatic heterocycles. The Bertz CT molecular complexity index is 349. The molecule has 2 heterocycles. The summed E-state index contributed by atoms with van der Waals surface area (Å²) in [5.74, 6) is 1.07. The molecule has 3 rings (SSSR count). The van der Waals surface area contributed by atoms with Gasteiger partial charge in [0.05, 0.1) is 17.7 Å². The number of nitrogens with one attached hydrogen (secondary N) is 2. The van der Waals surface area contributed by atoms with Crippen molar-refractivity contribution in [3.63, 3.8) is 0 Å². The van der Waals surface area contributed by atoms with Crippen molar-refractivity contribution in [3.05, 3.63) is 24.3 Å². The van der Waals surface area contributed by atoms with Crippen molar-refractivity contribution in [2.24, 2.45) is 0 Å². The Hall–Kier alpha value is -0.710. The van der Waals surface area contributed by atoms with E-state index in [4.69, 9.17) is 0 Å². The van der Waals surface area contributed by atoms with E-state index >= 15 is 0 Å². The summed E-state index contributed by atoms with van der Waals surface area (Å²) in [6, 6.07) is 8.65. The zero-order chi connectivity index (χ0) is 10.1. The molecule has 0 amide bonds. The molecule has 0 radical (unpaired) electrons. The van der Waals surface area contributed by atoms with Gasteiger partial charge in [-0.05, 0) is 12.1 Å². The molecule has 0 saturated carbocycles. The van der Waals surface area contributed by atoms with E-state index < -0.39 is 0 Å². The summed E-state index contributed by atoms with van der Waals surface area (Å²) in [6.45, 7) is 3.18. The zero-order valence-electron chi connectivity index (χ0n) is 8.57. The fourth-order valence-corrected chi connectivity index (χ4v) is 3.25. The lowest BCUT2D eigenvalue weighted by Gasteiger charge is -2.33. The minimum absolute atomic E-state index is 0.454. The summed E-state index contributed by atoms with van der Waals surface area (Å²) in [4.78, 5) is 3.86. The molecular formula is C11H15N3S. The van der Waals surface area contributed by atoms with Gasteiger partial charge in [-0.2, -0.15) is 0 Å². The van der Waals surface area contributed by atoms with Crippen molar-refractivity contribution in [3.8, 4) is 0 Å². The van der Waals surface area contributed by atoms with Gasteiger partial charge in [0.1, 0.15) is 0 Å². The first-order valence-corrected chi connectivity index (χ1v) is 6.36. The highest BCUT2D eigenvalue weighted by molar-refractivity contribution is 7.99. The third-order valence-corrected chi connectivity index (χ3v) is 3.99. The van der Waals surface area contributed by atoms with E-state index in [0.29, 0.717) is 6.17 Å². The summed E-state index contributed by atoms with van der Waals surface area (Å²) in [7, 11) is 0. The van der Waals surface area contributed by atoms with Crippen LogP contribution in [-0.4, -0.2) is 31.7 Å². The highest BCUT2D eigenvalue weighted by atomic mass is 32.2. The van der Waals surface area contributed by atoms with Gasteiger partial charge >= 0.3 is 0 Å². The monoisotopic (exact) mass is 221 g/mol. The normalized spacial score (nSPS) is 25.3. The average molecular weight is 221 g/mol. The van der Waals surface area contributed by atoms with Crippen molar-refractivity contribution >= 4 is 17.4 Å². The topological polar surface area (TPSA) is 27.3 Å². The van der Waals surface area contributed by atoms with Gasteiger partial charge in [0.15, 0.2) is 0 Å². The molecule has 1 aromatic rings. The molecule has 1 saturated heterocycles. The quantitative estimate of drug-likeness (QED) is 0.742. The molecule has 0 spiro atoms. The smallest absolute Gasteiger partial charge is 0.0931 e. The van der Waals surface area contributed by atoms with Gasteiger partial charge in [-0.1, -0.05) is 12.1 Å². The van der Waals surface area contributed by atoms with E-state index in [1.165, 1.54) is 10.6 Å². The van der Waals surface area contributed by atoms with Crippen molar-refractivity contribution < 1.29 is 0 Å². The van der Waals surface area contributed by atoms with Crippen LogP contribution in [0.2, 0.25) is 0 Å². The van der Waals surface area contributed by atoms with Crippen molar-refractivity contribution in [2.45, 2.75) is 11.1 Å². The van der Waals surface area contributed by atoms with Crippen LogP contribution in [0.15, 0.2) is 29.2 Å². The Balaban J connectivity index is 1.83. The summed E-state index contributed by atoms with van der Waals surface area (Å²) >= 11 is 1.93. The second-order valence-corrected chi connectivity index (χ2v) is 4.87. The van der Waals surface area contributed by atoms with Crippen LogP contribution in [0.1, 0.15) is 0 Å². The largest absolute Gasteiger partial charge is 0.344 e. The highest BCUT2D eigenvalue weighted by Crippen LogP contribution is 2.38. The van der Waals surface area contributed by atoms with Gasteiger partial charge in [0, 0.05) is 24.5 Å². The number of hydrogen-bond acceptors (Lipinski definition) is 4. The van der Waals surface area contributed by atoms with Gasteiger partial charge < -0.3 is 10.2 Å². The van der Waals surface area contributed by atoms with Crippen LogP contribution in [0.25, 0.3) is 0 Å². The van der Waals surface area contributed by atoms with Crippen molar-refractivity contribution in [1.82, 2.24) is 10.6 Å². The molecule has 3 nitrogen and oxygen atoms in total. The van der Waals surface area contributed by atoms with Crippen molar-refractivity contribution in [2.75, 3.05) is 30.4 Å². The second kappa shape index (κ2) is 4.04. The number of nitrogens with zero attached hydrogens (tertiary/aromatic N) is 1. The summed E-state index contributed by atoms with van der Waals surface area (Å²) < 4.78 is 0. The number of fused-ring (bicyclic) bond motifs is 1. The fraction of sp³-hybridized carbons (Fsp3) is 0.455. The first-order valence-electron chi connectivity index (χ1n) is 5.38. The van der Waals surface area contributed by atoms with E-state index in [-0.39, 0.29) is 0 Å². The lowest BCUT2D eigenvalue weighted by Crippen LogP contribution is -2.56. The molecule has 1 aromatic carbocycles. The maximum absolute atomic E-state index is 3.55. The maximum Gasteiger partial charge on any atom is 0.0931 e. The van der Waals surface area contributed by atoms with Gasteiger partial charge in [-0.25, -0.2) is 0 Å². The Morgan fingerprint density at radius 1 is 1.27 bits per heavy atom. The summed E-state index contributed by atoms with van der Waals surface area (Å²) in [6.07, 6.45) is 0.454.